The number of hydrogen-bond donors (Lipinski definition) is 2. The second-order valence-corrected chi connectivity index (χ2v) is 13.4. The zero-order valence-electron chi connectivity index (χ0n) is 22.5. The van der Waals surface area contributed by atoms with Crippen LogP contribution in [0.15, 0.2) is 11.6 Å². The van der Waals surface area contributed by atoms with Gasteiger partial charge in [-0.15, -0.1) is 0 Å². The van der Waals surface area contributed by atoms with Crippen molar-refractivity contribution in [2.45, 2.75) is 110 Å². The molecule has 0 bridgehead atoms. The van der Waals surface area contributed by atoms with E-state index in [1.807, 2.05) is 4.90 Å². The molecule has 0 aromatic carbocycles. The SMILES string of the molecule is CC(=O)N[C@@H]1CCN(C(=O)CCC(C)[C@H]2CC[C@H]3[C@@H]4CC=C5C[C@@H](O)CC[C@]5(C)[C@H]4CC[C@]23C)C1. The Labute approximate surface area is 212 Å². The van der Waals surface area contributed by atoms with Gasteiger partial charge in [0.15, 0.2) is 0 Å². The van der Waals surface area contributed by atoms with Crippen LogP contribution in [0, 0.1) is 40.4 Å². The number of fused-ring (bicyclic) bond motifs is 5. The van der Waals surface area contributed by atoms with Gasteiger partial charge < -0.3 is 15.3 Å². The molecule has 4 aliphatic carbocycles. The summed E-state index contributed by atoms with van der Waals surface area (Å²) in [4.78, 5) is 26.2. The molecule has 0 radical (unpaired) electrons. The number of carbonyl (C=O) groups excluding carboxylic acids is 2. The molecule has 1 saturated heterocycles. The summed E-state index contributed by atoms with van der Waals surface area (Å²) in [6.07, 6.45) is 14.5. The van der Waals surface area contributed by atoms with E-state index in [-0.39, 0.29) is 24.0 Å². The summed E-state index contributed by atoms with van der Waals surface area (Å²) in [5.74, 6) is 3.96. The Morgan fingerprint density at radius 1 is 1.14 bits per heavy atom. The van der Waals surface area contributed by atoms with Gasteiger partial charge in [-0.1, -0.05) is 32.4 Å². The van der Waals surface area contributed by atoms with Crippen LogP contribution in [0.2, 0.25) is 0 Å². The lowest BCUT2D eigenvalue weighted by atomic mass is 9.47. The van der Waals surface area contributed by atoms with Crippen molar-refractivity contribution in [1.82, 2.24) is 10.2 Å². The van der Waals surface area contributed by atoms with E-state index in [0.29, 0.717) is 29.7 Å². The van der Waals surface area contributed by atoms with Gasteiger partial charge in [0.1, 0.15) is 0 Å². The fraction of sp³-hybridized carbons (Fsp3) is 0.867. The highest BCUT2D eigenvalue weighted by molar-refractivity contribution is 5.77. The van der Waals surface area contributed by atoms with Crippen LogP contribution in [0.4, 0.5) is 0 Å². The average molecular weight is 485 g/mol. The molecule has 5 rings (SSSR count). The zero-order chi connectivity index (χ0) is 25.0. The van der Waals surface area contributed by atoms with E-state index < -0.39 is 0 Å². The molecule has 0 spiro atoms. The van der Waals surface area contributed by atoms with Gasteiger partial charge in [-0.25, -0.2) is 0 Å². The van der Waals surface area contributed by atoms with Gasteiger partial charge in [0.25, 0.3) is 0 Å². The molecule has 0 aromatic rings. The molecule has 4 fully saturated rings. The van der Waals surface area contributed by atoms with E-state index in [0.717, 1.165) is 62.3 Å². The first-order valence-electron chi connectivity index (χ1n) is 14.5. The fourth-order valence-electron chi connectivity index (χ4n) is 9.72. The Morgan fingerprint density at radius 2 is 1.94 bits per heavy atom. The van der Waals surface area contributed by atoms with Gasteiger partial charge >= 0.3 is 0 Å². The molecule has 5 aliphatic rings. The zero-order valence-corrected chi connectivity index (χ0v) is 22.5. The predicted octanol–water partition coefficient (Wildman–Crippen LogP) is 5.08. The number of carbonyl (C=O) groups is 2. The number of nitrogens with one attached hydrogen (secondary N) is 1. The summed E-state index contributed by atoms with van der Waals surface area (Å²) in [5.41, 5.74) is 2.28. The topological polar surface area (TPSA) is 69.6 Å². The number of aliphatic hydroxyl groups is 1. The standard InChI is InChI=1S/C30H48N2O3/c1-19(5-10-28(35)32-16-13-22(18-32)31-20(2)33)25-8-9-26-24-7-6-21-17-23(34)11-14-29(21,3)27(24)12-15-30(25,26)4/h6,19,22-27,34H,5,7-18H2,1-4H3,(H,31,33)/t19?,22-,23+,24+,25-,26+,27+,29+,30-/m1/s1. The van der Waals surface area contributed by atoms with Gasteiger partial charge in [0.2, 0.25) is 11.8 Å². The van der Waals surface area contributed by atoms with Crippen LogP contribution >= 0.6 is 0 Å². The lowest BCUT2D eigenvalue weighted by Gasteiger charge is -2.58. The summed E-state index contributed by atoms with van der Waals surface area (Å²) in [5, 5.41) is 13.2. The highest BCUT2D eigenvalue weighted by atomic mass is 16.3. The highest BCUT2D eigenvalue weighted by Crippen LogP contribution is 2.67. The normalized spacial score (nSPS) is 43.6. The van der Waals surface area contributed by atoms with Crippen molar-refractivity contribution in [3.8, 4) is 0 Å². The number of nitrogens with zero attached hydrogens (tertiary/aromatic N) is 1. The Bertz CT molecular complexity index is 870. The van der Waals surface area contributed by atoms with Crippen molar-refractivity contribution in [2.75, 3.05) is 13.1 Å². The maximum absolute atomic E-state index is 12.9. The number of allylic oxidation sites excluding steroid dienone is 1. The molecule has 1 heterocycles. The molecule has 196 valence electrons. The second-order valence-electron chi connectivity index (χ2n) is 13.4. The van der Waals surface area contributed by atoms with E-state index in [4.69, 9.17) is 0 Å². The van der Waals surface area contributed by atoms with Crippen molar-refractivity contribution in [2.24, 2.45) is 40.4 Å². The van der Waals surface area contributed by atoms with E-state index in [2.05, 4.69) is 32.2 Å². The highest BCUT2D eigenvalue weighted by Gasteiger charge is 2.59. The number of amides is 2. The maximum atomic E-state index is 12.9. The monoisotopic (exact) mass is 484 g/mol. The molecule has 5 heteroatoms. The third-order valence-electron chi connectivity index (χ3n) is 11.6. The van der Waals surface area contributed by atoms with Crippen LogP contribution in [0.5, 0.6) is 0 Å². The minimum absolute atomic E-state index is 0.00331. The van der Waals surface area contributed by atoms with Gasteiger partial charge in [-0.3, -0.25) is 9.59 Å². The first-order valence-corrected chi connectivity index (χ1v) is 14.5. The van der Waals surface area contributed by atoms with E-state index >= 15 is 0 Å². The minimum Gasteiger partial charge on any atom is -0.393 e. The van der Waals surface area contributed by atoms with Gasteiger partial charge in [0.05, 0.1) is 6.10 Å². The van der Waals surface area contributed by atoms with Crippen LogP contribution in [0.1, 0.15) is 98.3 Å². The Balaban J connectivity index is 1.20. The average Bonchev–Trinajstić information content (AvgIpc) is 3.41. The smallest absolute Gasteiger partial charge is 0.222 e. The first kappa shape index (κ1) is 25.3. The number of rotatable bonds is 5. The summed E-state index contributed by atoms with van der Waals surface area (Å²) in [6.45, 7) is 10.5. The van der Waals surface area contributed by atoms with Crippen molar-refractivity contribution in [1.29, 1.82) is 0 Å². The lowest BCUT2D eigenvalue weighted by molar-refractivity contribution is -0.131. The molecule has 2 amide bonds. The Kier molecular flexibility index (Phi) is 6.87. The van der Waals surface area contributed by atoms with Crippen LogP contribution in [0.3, 0.4) is 0 Å². The molecule has 2 N–H and O–H groups in total. The molecular formula is C30H48N2O3. The largest absolute Gasteiger partial charge is 0.393 e. The Morgan fingerprint density at radius 3 is 2.71 bits per heavy atom. The van der Waals surface area contributed by atoms with Crippen molar-refractivity contribution in [3.05, 3.63) is 11.6 Å². The number of aliphatic hydroxyl groups excluding tert-OH is 1. The molecule has 35 heavy (non-hydrogen) atoms. The van der Waals surface area contributed by atoms with Crippen LogP contribution < -0.4 is 5.32 Å². The van der Waals surface area contributed by atoms with Gasteiger partial charge in [-0.05, 0) is 105 Å². The summed E-state index contributed by atoms with van der Waals surface area (Å²) in [7, 11) is 0. The van der Waals surface area contributed by atoms with Crippen LogP contribution in [-0.2, 0) is 9.59 Å². The minimum atomic E-state index is -0.129. The fourth-order valence-corrected chi connectivity index (χ4v) is 9.72. The number of likely N-dealkylation sites (tertiary alicyclic amines) is 1. The van der Waals surface area contributed by atoms with Gasteiger partial charge in [-0.2, -0.15) is 0 Å². The third kappa shape index (κ3) is 4.49. The Hall–Kier alpha value is -1.36. The first-order chi connectivity index (χ1) is 16.6. The molecule has 1 unspecified atom stereocenters. The number of hydrogen-bond acceptors (Lipinski definition) is 3. The molecule has 0 aromatic heterocycles. The van der Waals surface area contributed by atoms with Crippen molar-refractivity contribution < 1.29 is 14.7 Å². The van der Waals surface area contributed by atoms with E-state index in [1.165, 1.54) is 32.1 Å². The maximum Gasteiger partial charge on any atom is 0.222 e. The lowest BCUT2D eigenvalue weighted by Crippen LogP contribution is -2.50. The molecular weight excluding hydrogens is 436 g/mol. The quantitative estimate of drug-likeness (QED) is 0.535. The summed E-state index contributed by atoms with van der Waals surface area (Å²) < 4.78 is 0. The second kappa shape index (κ2) is 9.50. The predicted molar refractivity (Wildman–Crippen MR) is 138 cm³/mol. The van der Waals surface area contributed by atoms with Crippen LogP contribution in [0.25, 0.3) is 0 Å². The molecule has 5 nitrogen and oxygen atoms in total. The third-order valence-corrected chi connectivity index (χ3v) is 11.6. The van der Waals surface area contributed by atoms with Crippen LogP contribution in [-0.4, -0.2) is 47.1 Å². The molecule has 3 saturated carbocycles. The summed E-state index contributed by atoms with van der Waals surface area (Å²) >= 11 is 0. The molecule has 1 aliphatic heterocycles. The van der Waals surface area contributed by atoms with Gasteiger partial charge in [0, 0.05) is 32.5 Å². The van der Waals surface area contributed by atoms with E-state index in [1.54, 1.807) is 12.5 Å². The van der Waals surface area contributed by atoms with Crippen molar-refractivity contribution in [3.63, 3.8) is 0 Å². The summed E-state index contributed by atoms with van der Waals surface area (Å²) in [6, 6.07) is 0.123. The van der Waals surface area contributed by atoms with Crippen molar-refractivity contribution >= 4 is 11.8 Å². The van der Waals surface area contributed by atoms with E-state index in [9.17, 15) is 14.7 Å². The molecule has 9 atom stereocenters.